The molecule has 1 N–H and O–H groups in total. The molecule has 0 atom stereocenters. The van der Waals surface area contributed by atoms with Crippen molar-refractivity contribution in [3.63, 3.8) is 0 Å². The number of hydrogen-bond acceptors (Lipinski definition) is 4. The minimum atomic E-state index is -0.241. The van der Waals surface area contributed by atoms with E-state index < -0.39 is 0 Å². The second kappa shape index (κ2) is 7.23. The second-order valence-corrected chi connectivity index (χ2v) is 6.94. The summed E-state index contributed by atoms with van der Waals surface area (Å²) in [7, 11) is 2.05. The molecule has 2 amide bonds. The van der Waals surface area contributed by atoms with Crippen LogP contribution in [-0.2, 0) is 0 Å². The molecule has 1 aliphatic rings. The summed E-state index contributed by atoms with van der Waals surface area (Å²) in [6.45, 7) is 7.68. The first-order chi connectivity index (χ1) is 12.0. The van der Waals surface area contributed by atoms with Crippen LogP contribution in [0.15, 0.2) is 24.4 Å². The van der Waals surface area contributed by atoms with E-state index in [4.69, 9.17) is 0 Å². The van der Waals surface area contributed by atoms with Crippen LogP contribution in [0.2, 0.25) is 0 Å². The number of carbonyl (C=O) groups is 2. The molecule has 7 heteroatoms. The van der Waals surface area contributed by atoms with E-state index in [1.54, 1.807) is 15.5 Å². The molecule has 1 saturated heterocycles. The summed E-state index contributed by atoms with van der Waals surface area (Å²) in [6, 6.07) is 5.50. The molecule has 0 spiro atoms. The molecule has 3 heterocycles. The zero-order chi connectivity index (χ0) is 18.0. The summed E-state index contributed by atoms with van der Waals surface area (Å²) in [4.78, 5) is 33.8. The predicted molar refractivity (Wildman–Crippen MR) is 95.8 cm³/mol. The summed E-state index contributed by atoms with van der Waals surface area (Å²) < 4.78 is 1.71. The van der Waals surface area contributed by atoms with Crippen LogP contribution in [0.4, 0.5) is 0 Å². The van der Waals surface area contributed by atoms with E-state index in [-0.39, 0.29) is 11.8 Å². The van der Waals surface area contributed by atoms with E-state index in [9.17, 15) is 9.59 Å². The van der Waals surface area contributed by atoms with Gasteiger partial charge in [-0.1, -0.05) is 19.9 Å². The lowest BCUT2D eigenvalue weighted by Crippen LogP contribution is -2.47. The molecule has 0 aromatic carbocycles. The molecule has 1 aliphatic heterocycles. The maximum absolute atomic E-state index is 12.9. The van der Waals surface area contributed by atoms with Crippen molar-refractivity contribution in [3.05, 3.63) is 35.9 Å². The minimum Gasteiger partial charge on any atom is -0.350 e. The molecule has 25 heavy (non-hydrogen) atoms. The number of piperazine rings is 1. The molecule has 7 nitrogen and oxygen atoms in total. The monoisotopic (exact) mass is 343 g/mol. The number of nitrogens with one attached hydrogen (secondary N) is 1. The third kappa shape index (κ3) is 3.66. The fourth-order valence-corrected chi connectivity index (χ4v) is 2.89. The highest BCUT2D eigenvalue weighted by Crippen LogP contribution is 2.16. The Bertz CT molecular complexity index is 775. The number of aromatic nitrogens is 2. The maximum atomic E-state index is 12.9. The van der Waals surface area contributed by atoms with Crippen molar-refractivity contribution in [3.8, 4) is 0 Å². The Morgan fingerprint density at radius 3 is 2.60 bits per heavy atom. The average molecular weight is 343 g/mol. The molecule has 0 bridgehead atoms. The van der Waals surface area contributed by atoms with Gasteiger partial charge in [-0.05, 0) is 25.1 Å². The molecule has 0 radical (unpaired) electrons. The highest BCUT2D eigenvalue weighted by molar-refractivity contribution is 6.02. The average Bonchev–Trinajstić information content (AvgIpc) is 2.99. The zero-order valence-corrected chi connectivity index (χ0v) is 15.0. The fraction of sp³-hybridized carbons (Fsp3) is 0.500. The lowest BCUT2D eigenvalue weighted by molar-refractivity contribution is 0.0651. The Kier molecular flexibility index (Phi) is 5.03. The van der Waals surface area contributed by atoms with E-state index >= 15 is 0 Å². The number of carbonyl (C=O) groups excluding carboxylic acids is 2. The minimum absolute atomic E-state index is 0.128. The fourth-order valence-electron chi connectivity index (χ4n) is 2.89. The largest absolute Gasteiger partial charge is 0.350 e. The van der Waals surface area contributed by atoms with Gasteiger partial charge >= 0.3 is 0 Å². The molecule has 0 saturated carbocycles. The van der Waals surface area contributed by atoms with Crippen molar-refractivity contribution in [2.24, 2.45) is 5.92 Å². The van der Waals surface area contributed by atoms with Crippen molar-refractivity contribution in [1.82, 2.24) is 24.5 Å². The van der Waals surface area contributed by atoms with E-state index in [1.807, 2.05) is 39.1 Å². The summed E-state index contributed by atoms with van der Waals surface area (Å²) in [5.41, 5.74) is 0.958. The third-order valence-corrected chi connectivity index (χ3v) is 4.42. The first-order valence-electron chi connectivity index (χ1n) is 8.70. The van der Waals surface area contributed by atoms with Crippen molar-refractivity contribution in [2.45, 2.75) is 13.8 Å². The van der Waals surface area contributed by atoms with Crippen molar-refractivity contribution in [1.29, 1.82) is 0 Å². The smallest absolute Gasteiger partial charge is 0.290 e. The summed E-state index contributed by atoms with van der Waals surface area (Å²) in [5.74, 6) is 0.283. The number of hydrogen-bond donors (Lipinski definition) is 1. The van der Waals surface area contributed by atoms with Gasteiger partial charge in [0.1, 0.15) is 0 Å². The zero-order valence-electron chi connectivity index (χ0n) is 15.0. The van der Waals surface area contributed by atoms with Crippen LogP contribution >= 0.6 is 0 Å². The quantitative estimate of drug-likeness (QED) is 0.903. The highest BCUT2D eigenvalue weighted by Gasteiger charge is 2.26. The molecule has 2 aromatic rings. The highest BCUT2D eigenvalue weighted by atomic mass is 16.2. The number of rotatable bonds is 4. The summed E-state index contributed by atoms with van der Waals surface area (Å²) >= 11 is 0. The lowest BCUT2D eigenvalue weighted by atomic mass is 10.2. The first kappa shape index (κ1) is 17.4. The Morgan fingerprint density at radius 1 is 1.20 bits per heavy atom. The SMILES string of the molecule is CC(C)CNC(=O)c1nc(C(=O)N2CCN(C)CC2)n2ccccc12. The van der Waals surface area contributed by atoms with E-state index in [2.05, 4.69) is 15.2 Å². The topological polar surface area (TPSA) is 70.0 Å². The number of likely N-dealkylation sites (N-methyl/N-ethyl adjacent to an activating group) is 1. The number of fused-ring (bicyclic) bond motifs is 1. The van der Waals surface area contributed by atoms with Gasteiger partial charge in [-0.3, -0.25) is 14.0 Å². The predicted octanol–water partition coefficient (Wildman–Crippen LogP) is 1.11. The molecule has 134 valence electrons. The number of imidazole rings is 1. The van der Waals surface area contributed by atoms with Crippen molar-refractivity contribution in [2.75, 3.05) is 39.8 Å². The molecule has 1 fully saturated rings. The first-order valence-corrected chi connectivity index (χ1v) is 8.70. The van der Waals surface area contributed by atoms with Crippen LogP contribution in [0.3, 0.4) is 0 Å². The summed E-state index contributed by atoms with van der Waals surface area (Å²) in [6.07, 6.45) is 1.78. The molecular formula is C18H25N5O2. The van der Waals surface area contributed by atoms with Crippen LogP contribution in [0.5, 0.6) is 0 Å². The Balaban J connectivity index is 1.91. The summed E-state index contributed by atoms with van der Waals surface area (Å²) in [5, 5.41) is 2.88. The van der Waals surface area contributed by atoms with E-state index in [0.717, 1.165) is 13.1 Å². The standard InChI is InChI=1S/C18H25N5O2/c1-13(2)12-19-17(24)15-14-6-4-5-7-23(14)16(20-15)18(25)22-10-8-21(3)9-11-22/h4-7,13H,8-12H2,1-3H3,(H,19,24). The maximum Gasteiger partial charge on any atom is 0.290 e. The molecule has 3 rings (SSSR count). The molecule has 0 aliphatic carbocycles. The number of pyridine rings is 1. The molecule has 2 aromatic heterocycles. The van der Waals surface area contributed by atoms with Gasteiger partial charge in [0.05, 0.1) is 5.52 Å². The van der Waals surface area contributed by atoms with Crippen LogP contribution in [-0.4, -0.2) is 70.8 Å². The van der Waals surface area contributed by atoms with Gasteiger partial charge in [-0.2, -0.15) is 0 Å². The second-order valence-electron chi connectivity index (χ2n) is 6.94. The van der Waals surface area contributed by atoms with Crippen LogP contribution in [0, 0.1) is 5.92 Å². The number of nitrogens with zero attached hydrogens (tertiary/aromatic N) is 4. The lowest BCUT2D eigenvalue weighted by Gasteiger charge is -2.31. The van der Waals surface area contributed by atoms with E-state index in [0.29, 0.717) is 42.6 Å². The van der Waals surface area contributed by atoms with Crippen LogP contribution in [0.1, 0.15) is 35.0 Å². The van der Waals surface area contributed by atoms with E-state index in [1.165, 1.54) is 0 Å². The number of amides is 2. The molecule has 0 unspecified atom stereocenters. The Labute approximate surface area is 147 Å². The van der Waals surface area contributed by atoms with Crippen LogP contribution < -0.4 is 5.32 Å². The van der Waals surface area contributed by atoms with Gasteiger partial charge in [-0.15, -0.1) is 0 Å². The Morgan fingerprint density at radius 2 is 1.92 bits per heavy atom. The van der Waals surface area contributed by atoms with Gasteiger partial charge in [-0.25, -0.2) is 4.98 Å². The van der Waals surface area contributed by atoms with Crippen molar-refractivity contribution >= 4 is 17.3 Å². The van der Waals surface area contributed by atoms with Gasteiger partial charge in [0.25, 0.3) is 11.8 Å². The van der Waals surface area contributed by atoms with Crippen LogP contribution in [0.25, 0.3) is 5.52 Å². The van der Waals surface area contributed by atoms with Gasteiger partial charge in [0.15, 0.2) is 5.69 Å². The van der Waals surface area contributed by atoms with Gasteiger partial charge in [0, 0.05) is 38.9 Å². The van der Waals surface area contributed by atoms with Gasteiger partial charge < -0.3 is 15.1 Å². The molecular weight excluding hydrogens is 318 g/mol. The Hall–Kier alpha value is -2.41. The normalized spacial score (nSPS) is 15.8. The van der Waals surface area contributed by atoms with Gasteiger partial charge in [0.2, 0.25) is 5.82 Å². The third-order valence-electron chi connectivity index (χ3n) is 4.42. The van der Waals surface area contributed by atoms with Crippen molar-refractivity contribution < 1.29 is 9.59 Å².